The van der Waals surface area contributed by atoms with E-state index in [1.807, 2.05) is 37.3 Å². The minimum atomic E-state index is -0.579. The molecule has 29 heavy (non-hydrogen) atoms. The SMILES string of the molecule is CC1(NC(=O)C(=O)N2CCN(C(=O)c3cc4ccccc4[nH]3)CC2)CCOCC1. The number of benzene rings is 1. The summed E-state index contributed by atoms with van der Waals surface area (Å²) in [4.78, 5) is 44.1. The highest BCUT2D eigenvalue weighted by atomic mass is 16.5. The lowest BCUT2D eigenvalue weighted by Gasteiger charge is -2.37. The topological polar surface area (TPSA) is 94.7 Å². The zero-order chi connectivity index (χ0) is 20.4. The second kappa shape index (κ2) is 7.87. The van der Waals surface area contributed by atoms with Crippen molar-refractivity contribution < 1.29 is 19.1 Å². The van der Waals surface area contributed by atoms with Gasteiger partial charge in [0.15, 0.2) is 0 Å². The highest BCUT2D eigenvalue weighted by Gasteiger charge is 2.34. The van der Waals surface area contributed by atoms with E-state index in [-0.39, 0.29) is 5.91 Å². The molecule has 2 aromatic rings. The molecule has 0 radical (unpaired) electrons. The van der Waals surface area contributed by atoms with Crippen molar-refractivity contribution in [3.63, 3.8) is 0 Å². The number of carbonyl (C=O) groups excluding carboxylic acids is 3. The molecule has 2 saturated heterocycles. The number of hydrogen-bond acceptors (Lipinski definition) is 4. The van der Waals surface area contributed by atoms with Crippen LogP contribution in [0.4, 0.5) is 0 Å². The molecule has 3 amide bonds. The van der Waals surface area contributed by atoms with Crippen molar-refractivity contribution in [3.05, 3.63) is 36.0 Å². The minimum absolute atomic E-state index is 0.0903. The van der Waals surface area contributed by atoms with Crippen LogP contribution in [-0.2, 0) is 14.3 Å². The lowest BCUT2D eigenvalue weighted by atomic mass is 9.92. The van der Waals surface area contributed by atoms with Gasteiger partial charge in [-0.25, -0.2) is 0 Å². The summed E-state index contributed by atoms with van der Waals surface area (Å²) in [6.45, 7) is 4.60. The largest absolute Gasteiger partial charge is 0.381 e. The molecular formula is C21H26N4O4. The Morgan fingerprint density at radius 2 is 1.69 bits per heavy atom. The number of piperazine rings is 1. The number of rotatable bonds is 2. The van der Waals surface area contributed by atoms with Gasteiger partial charge in [0.05, 0.1) is 0 Å². The van der Waals surface area contributed by atoms with Gasteiger partial charge >= 0.3 is 11.8 Å². The molecule has 0 saturated carbocycles. The summed E-state index contributed by atoms with van der Waals surface area (Å²) in [6, 6.07) is 9.58. The van der Waals surface area contributed by atoms with E-state index in [0.717, 1.165) is 10.9 Å². The van der Waals surface area contributed by atoms with Crippen molar-refractivity contribution in [2.75, 3.05) is 39.4 Å². The maximum Gasteiger partial charge on any atom is 0.312 e. The van der Waals surface area contributed by atoms with Crippen LogP contribution >= 0.6 is 0 Å². The molecule has 0 unspecified atom stereocenters. The lowest BCUT2D eigenvalue weighted by molar-refractivity contribution is -0.148. The third-order valence-corrected chi connectivity index (χ3v) is 5.82. The van der Waals surface area contributed by atoms with E-state index in [1.165, 1.54) is 4.90 Å². The molecule has 2 N–H and O–H groups in total. The van der Waals surface area contributed by atoms with Gasteiger partial charge in [-0.3, -0.25) is 14.4 Å². The van der Waals surface area contributed by atoms with Gasteiger partial charge in [0.1, 0.15) is 5.69 Å². The number of nitrogens with one attached hydrogen (secondary N) is 2. The monoisotopic (exact) mass is 398 g/mol. The van der Waals surface area contributed by atoms with Crippen molar-refractivity contribution >= 4 is 28.6 Å². The maximum atomic E-state index is 12.8. The number of aromatic nitrogens is 1. The predicted octanol–water partition coefficient (Wildman–Crippen LogP) is 1.14. The Kier molecular flexibility index (Phi) is 5.27. The molecule has 0 aliphatic carbocycles. The van der Waals surface area contributed by atoms with E-state index in [9.17, 15) is 14.4 Å². The second-order valence-electron chi connectivity index (χ2n) is 7.98. The number of para-hydroxylation sites is 1. The Labute approximate surface area is 169 Å². The summed E-state index contributed by atoms with van der Waals surface area (Å²) < 4.78 is 5.33. The molecule has 154 valence electrons. The van der Waals surface area contributed by atoms with Gasteiger partial charge in [0, 0.05) is 55.8 Å². The fourth-order valence-electron chi connectivity index (χ4n) is 3.89. The quantitative estimate of drug-likeness (QED) is 0.742. The summed E-state index contributed by atoms with van der Waals surface area (Å²) in [5.41, 5.74) is 1.05. The van der Waals surface area contributed by atoms with Crippen LogP contribution in [0.1, 0.15) is 30.3 Å². The molecular weight excluding hydrogens is 372 g/mol. The lowest BCUT2D eigenvalue weighted by Crippen LogP contribution is -2.57. The first-order chi connectivity index (χ1) is 14.0. The molecule has 2 aliphatic rings. The highest BCUT2D eigenvalue weighted by Crippen LogP contribution is 2.20. The first kappa shape index (κ1) is 19.4. The van der Waals surface area contributed by atoms with E-state index in [4.69, 9.17) is 4.74 Å². The summed E-state index contributed by atoms with van der Waals surface area (Å²) in [5.74, 6) is -1.20. The molecule has 0 spiro atoms. The standard InChI is InChI=1S/C21H26N4O4/c1-21(6-12-29-13-7-21)23-18(26)20(28)25-10-8-24(9-11-25)19(27)17-14-15-4-2-3-5-16(15)22-17/h2-5,14,22H,6-13H2,1H3,(H,23,26). The normalized spacial score (nSPS) is 19.2. The van der Waals surface area contributed by atoms with E-state index >= 15 is 0 Å². The van der Waals surface area contributed by atoms with Gasteiger partial charge in [0.2, 0.25) is 0 Å². The first-order valence-electron chi connectivity index (χ1n) is 10.0. The molecule has 1 aromatic heterocycles. The number of carbonyl (C=O) groups is 3. The van der Waals surface area contributed by atoms with Gasteiger partial charge < -0.3 is 24.8 Å². The van der Waals surface area contributed by atoms with E-state index in [0.29, 0.717) is 57.9 Å². The second-order valence-corrected chi connectivity index (χ2v) is 7.98. The molecule has 8 heteroatoms. The molecule has 0 atom stereocenters. The summed E-state index contributed by atoms with van der Waals surface area (Å²) in [7, 11) is 0. The van der Waals surface area contributed by atoms with Gasteiger partial charge in [-0.05, 0) is 31.9 Å². The summed E-state index contributed by atoms with van der Waals surface area (Å²) >= 11 is 0. The predicted molar refractivity (Wildman–Crippen MR) is 107 cm³/mol. The zero-order valence-corrected chi connectivity index (χ0v) is 16.6. The van der Waals surface area contributed by atoms with Crippen LogP contribution in [0.25, 0.3) is 10.9 Å². The number of hydrogen-bond donors (Lipinski definition) is 2. The van der Waals surface area contributed by atoms with Crippen LogP contribution in [0.15, 0.2) is 30.3 Å². The Morgan fingerprint density at radius 1 is 1.03 bits per heavy atom. The molecule has 1 aromatic carbocycles. The summed E-state index contributed by atoms with van der Waals surface area (Å²) in [5, 5.41) is 3.86. The van der Waals surface area contributed by atoms with Crippen LogP contribution in [-0.4, -0.2) is 77.4 Å². The number of nitrogens with zero attached hydrogens (tertiary/aromatic N) is 2. The van der Waals surface area contributed by atoms with Crippen molar-refractivity contribution in [1.82, 2.24) is 20.1 Å². The zero-order valence-electron chi connectivity index (χ0n) is 16.6. The number of fused-ring (bicyclic) bond motifs is 1. The van der Waals surface area contributed by atoms with Gasteiger partial charge in [-0.1, -0.05) is 18.2 Å². The van der Waals surface area contributed by atoms with Crippen molar-refractivity contribution in [3.8, 4) is 0 Å². The molecule has 2 fully saturated rings. The molecule has 8 nitrogen and oxygen atoms in total. The van der Waals surface area contributed by atoms with Crippen LogP contribution < -0.4 is 5.32 Å². The van der Waals surface area contributed by atoms with Crippen molar-refractivity contribution in [1.29, 1.82) is 0 Å². The number of ether oxygens (including phenoxy) is 1. The Bertz CT molecular complexity index is 891. The average Bonchev–Trinajstić information content (AvgIpc) is 3.17. The average molecular weight is 398 g/mol. The van der Waals surface area contributed by atoms with Gasteiger partial charge in [0.25, 0.3) is 5.91 Å². The van der Waals surface area contributed by atoms with E-state index in [1.54, 1.807) is 4.90 Å². The summed E-state index contributed by atoms with van der Waals surface area (Å²) in [6.07, 6.45) is 1.39. The molecule has 3 heterocycles. The van der Waals surface area contributed by atoms with E-state index < -0.39 is 17.4 Å². The van der Waals surface area contributed by atoms with E-state index in [2.05, 4.69) is 10.3 Å². The smallest absolute Gasteiger partial charge is 0.312 e. The highest BCUT2D eigenvalue weighted by molar-refractivity contribution is 6.35. The van der Waals surface area contributed by atoms with Crippen LogP contribution in [0, 0.1) is 0 Å². The molecule has 0 bridgehead atoms. The molecule has 4 rings (SSSR count). The van der Waals surface area contributed by atoms with Crippen LogP contribution in [0.2, 0.25) is 0 Å². The van der Waals surface area contributed by atoms with Crippen molar-refractivity contribution in [2.24, 2.45) is 0 Å². The van der Waals surface area contributed by atoms with Crippen LogP contribution in [0.3, 0.4) is 0 Å². The van der Waals surface area contributed by atoms with Gasteiger partial charge in [-0.15, -0.1) is 0 Å². The third kappa shape index (κ3) is 4.12. The fourth-order valence-corrected chi connectivity index (χ4v) is 3.89. The number of aromatic amines is 1. The Morgan fingerprint density at radius 3 is 2.38 bits per heavy atom. The first-order valence-corrected chi connectivity index (χ1v) is 10.0. The van der Waals surface area contributed by atoms with Crippen molar-refractivity contribution in [2.45, 2.75) is 25.3 Å². The van der Waals surface area contributed by atoms with Crippen LogP contribution in [0.5, 0.6) is 0 Å². The van der Waals surface area contributed by atoms with Gasteiger partial charge in [-0.2, -0.15) is 0 Å². The Balaban J connectivity index is 1.33. The maximum absolute atomic E-state index is 12.8. The number of amides is 3. The third-order valence-electron chi connectivity index (χ3n) is 5.82. The molecule has 2 aliphatic heterocycles. The number of H-pyrrole nitrogens is 1. The Hall–Kier alpha value is -2.87. The minimum Gasteiger partial charge on any atom is -0.381 e. The fraction of sp³-hybridized carbons (Fsp3) is 0.476.